The van der Waals surface area contributed by atoms with Gasteiger partial charge in [0.2, 0.25) is 0 Å². The Kier molecular flexibility index (Phi) is 3.53. The van der Waals surface area contributed by atoms with E-state index in [0.717, 1.165) is 42.9 Å². The molecule has 134 valence electrons. The molecular formula is C22H34O2. The Bertz CT molecular complexity index is 542. The second-order valence-electron chi connectivity index (χ2n) is 10.1. The van der Waals surface area contributed by atoms with Crippen molar-refractivity contribution < 1.29 is 10.2 Å². The van der Waals surface area contributed by atoms with Crippen molar-refractivity contribution in [2.45, 2.75) is 83.3 Å². The average molecular weight is 331 g/mol. The number of hydrogen-bond acceptors (Lipinski definition) is 2. The highest BCUT2D eigenvalue weighted by Gasteiger charge is 2.62. The average Bonchev–Trinajstić information content (AvgIpc) is 2.96. The van der Waals surface area contributed by atoms with Crippen LogP contribution in [0.2, 0.25) is 0 Å². The van der Waals surface area contributed by atoms with Crippen molar-refractivity contribution in [1.82, 2.24) is 0 Å². The number of allylic oxidation sites excluding steroid dienone is 1. The largest absolute Gasteiger partial charge is 0.393 e. The Morgan fingerprint density at radius 3 is 2.58 bits per heavy atom. The van der Waals surface area contributed by atoms with Crippen LogP contribution in [0.4, 0.5) is 0 Å². The van der Waals surface area contributed by atoms with Gasteiger partial charge in [-0.15, -0.1) is 0 Å². The lowest BCUT2D eigenvalue weighted by atomic mass is 9.44. The molecule has 0 heterocycles. The van der Waals surface area contributed by atoms with E-state index in [0.29, 0.717) is 16.7 Å². The fourth-order valence-corrected chi connectivity index (χ4v) is 8.47. The van der Waals surface area contributed by atoms with Gasteiger partial charge < -0.3 is 10.2 Å². The summed E-state index contributed by atoms with van der Waals surface area (Å²) in [5, 5.41) is 20.8. The van der Waals surface area contributed by atoms with E-state index >= 15 is 0 Å². The highest BCUT2D eigenvalue weighted by Crippen LogP contribution is 2.69. The molecule has 4 fully saturated rings. The quantitative estimate of drug-likeness (QED) is 0.650. The minimum Gasteiger partial charge on any atom is -0.393 e. The van der Waals surface area contributed by atoms with Crippen LogP contribution in [-0.4, -0.2) is 22.4 Å². The summed E-state index contributed by atoms with van der Waals surface area (Å²) in [4.78, 5) is 0. The molecule has 0 saturated heterocycles. The van der Waals surface area contributed by atoms with Gasteiger partial charge in [0, 0.05) is 0 Å². The maximum atomic E-state index is 10.6. The maximum Gasteiger partial charge on any atom is 0.0611 e. The zero-order chi connectivity index (χ0) is 16.5. The van der Waals surface area contributed by atoms with E-state index in [9.17, 15) is 10.2 Å². The molecule has 1 spiro atoms. The molecule has 5 aliphatic carbocycles. The first-order valence-electron chi connectivity index (χ1n) is 10.6. The van der Waals surface area contributed by atoms with Crippen molar-refractivity contribution in [3.63, 3.8) is 0 Å². The van der Waals surface area contributed by atoms with Crippen LogP contribution in [-0.2, 0) is 0 Å². The summed E-state index contributed by atoms with van der Waals surface area (Å²) < 4.78 is 0. The van der Waals surface area contributed by atoms with Crippen LogP contribution in [0.1, 0.15) is 71.1 Å². The Balaban J connectivity index is 1.47. The molecular weight excluding hydrogens is 296 g/mol. The van der Waals surface area contributed by atoms with Gasteiger partial charge in [-0.1, -0.05) is 19.1 Å². The lowest BCUT2D eigenvalue weighted by Gasteiger charge is -2.61. The first-order valence-corrected chi connectivity index (χ1v) is 10.6. The number of rotatable bonds is 0. The molecule has 5 aliphatic rings. The minimum atomic E-state index is -0.0895. The van der Waals surface area contributed by atoms with Crippen LogP contribution in [0, 0.1) is 40.4 Å². The molecule has 24 heavy (non-hydrogen) atoms. The molecule has 0 aliphatic heterocycles. The normalized spacial score (nSPS) is 59.2. The lowest BCUT2D eigenvalue weighted by Crippen LogP contribution is -2.55. The van der Waals surface area contributed by atoms with Crippen LogP contribution in [0.3, 0.4) is 0 Å². The standard InChI is InChI=1S/C22H34O2/c1-21-11-8-15(23)13-14(21)4-5-16-17(21)9-12-22-10-2-3-20(24)19(22)7-6-18(16)22/h2,10,14-20,23-24H,3-9,11-13H2,1H3/t14-,15-,16-,17+,18+,19-,20+,21+,22?/m1/s1. The van der Waals surface area contributed by atoms with Gasteiger partial charge >= 0.3 is 0 Å². The third-order valence-electron chi connectivity index (χ3n) is 9.56. The van der Waals surface area contributed by atoms with Crippen LogP contribution >= 0.6 is 0 Å². The summed E-state index contributed by atoms with van der Waals surface area (Å²) in [5.41, 5.74) is 0.801. The van der Waals surface area contributed by atoms with Crippen LogP contribution in [0.15, 0.2) is 12.2 Å². The van der Waals surface area contributed by atoms with Crippen molar-refractivity contribution in [2.24, 2.45) is 40.4 Å². The van der Waals surface area contributed by atoms with Gasteiger partial charge in [-0.25, -0.2) is 0 Å². The van der Waals surface area contributed by atoms with Crippen molar-refractivity contribution in [3.8, 4) is 0 Å². The van der Waals surface area contributed by atoms with Crippen LogP contribution in [0.5, 0.6) is 0 Å². The molecule has 5 rings (SSSR count). The number of hydrogen-bond donors (Lipinski definition) is 2. The first kappa shape index (κ1) is 15.9. The van der Waals surface area contributed by atoms with E-state index in [4.69, 9.17) is 0 Å². The zero-order valence-electron chi connectivity index (χ0n) is 15.2. The molecule has 2 heteroatoms. The molecule has 2 nitrogen and oxygen atoms in total. The summed E-state index contributed by atoms with van der Waals surface area (Å²) in [5.74, 6) is 3.84. The summed E-state index contributed by atoms with van der Waals surface area (Å²) in [7, 11) is 0. The predicted molar refractivity (Wildman–Crippen MR) is 95.3 cm³/mol. The van der Waals surface area contributed by atoms with E-state index in [1.165, 1.54) is 44.9 Å². The summed E-state index contributed by atoms with van der Waals surface area (Å²) >= 11 is 0. The van der Waals surface area contributed by atoms with E-state index in [1.54, 1.807) is 0 Å². The molecule has 0 bridgehead atoms. The van der Waals surface area contributed by atoms with Crippen molar-refractivity contribution in [3.05, 3.63) is 12.2 Å². The second-order valence-corrected chi connectivity index (χ2v) is 10.1. The Morgan fingerprint density at radius 2 is 1.71 bits per heavy atom. The minimum absolute atomic E-state index is 0.0400. The third kappa shape index (κ3) is 1.96. The summed E-state index contributed by atoms with van der Waals surface area (Å²) in [6.45, 7) is 2.57. The highest BCUT2D eigenvalue weighted by atomic mass is 16.3. The van der Waals surface area contributed by atoms with Crippen LogP contribution in [0.25, 0.3) is 0 Å². The number of fused-ring (bicyclic) bond motifs is 4. The molecule has 4 saturated carbocycles. The molecule has 2 N–H and O–H groups in total. The van der Waals surface area contributed by atoms with Gasteiger partial charge in [0.05, 0.1) is 12.2 Å². The van der Waals surface area contributed by atoms with Gasteiger partial charge in [-0.2, -0.15) is 0 Å². The molecule has 0 radical (unpaired) electrons. The molecule has 9 atom stereocenters. The van der Waals surface area contributed by atoms with Gasteiger partial charge in [-0.05, 0) is 105 Å². The Labute approximate surface area is 146 Å². The Hall–Kier alpha value is -0.340. The zero-order valence-corrected chi connectivity index (χ0v) is 15.2. The number of aliphatic hydroxyl groups is 2. The molecule has 0 aromatic carbocycles. The lowest BCUT2D eigenvalue weighted by molar-refractivity contribution is -0.127. The fraction of sp³-hybridized carbons (Fsp3) is 0.909. The Morgan fingerprint density at radius 1 is 0.875 bits per heavy atom. The maximum absolute atomic E-state index is 10.6. The van der Waals surface area contributed by atoms with Gasteiger partial charge in [-0.3, -0.25) is 0 Å². The molecule has 0 amide bonds. The smallest absolute Gasteiger partial charge is 0.0611 e. The van der Waals surface area contributed by atoms with Crippen LogP contribution < -0.4 is 0 Å². The van der Waals surface area contributed by atoms with Gasteiger partial charge in [0.25, 0.3) is 0 Å². The SMILES string of the molecule is C[C@]12CC[C@@H](O)C[C@H]1CC[C@H]1[C@@H]3CC[C@@H]4[C@@H](O)CC=CC43CC[C@@H]12. The molecule has 1 unspecified atom stereocenters. The van der Waals surface area contributed by atoms with Crippen molar-refractivity contribution in [2.75, 3.05) is 0 Å². The monoisotopic (exact) mass is 330 g/mol. The van der Waals surface area contributed by atoms with E-state index < -0.39 is 0 Å². The highest BCUT2D eigenvalue weighted by molar-refractivity contribution is 5.20. The van der Waals surface area contributed by atoms with E-state index in [2.05, 4.69) is 19.1 Å². The van der Waals surface area contributed by atoms with Crippen molar-refractivity contribution in [1.29, 1.82) is 0 Å². The second kappa shape index (κ2) is 5.33. The van der Waals surface area contributed by atoms with Crippen molar-refractivity contribution >= 4 is 0 Å². The van der Waals surface area contributed by atoms with E-state index in [1.807, 2.05) is 0 Å². The third-order valence-corrected chi connectivity index (χ3v) is 9.56. The fourth-order valence-electron chi connectivity index (χ4n) is 8.47. The number of aliphatic hydroxyl groups excluding tert-OH is 2. The molecule has 0 aromatic heterocycles. The molecule has 0 aromatic rings. The van der Waals surface area contributed by atoms with Gasteiger partial charge in [0.1, 0.15) is 0 Å². The summed E-state index contributed by atoms with van der Waals surface area (Å²) in [6.07, 6.45) is 16.9. The predicted octanol–water partition coefficient (Wildman–Crippen LogP) is 4.31. The summed E-state index contributed by atoms with van der Waals surface area (Å²) in [6, 6.07) is 0. The topological polar surface area (TPSA) is 40.5 Å². The first-order chi connectivity index (χ1) is 11.5. The van der Waals surface area contributed by atoms with E-state index in [-0.39, 0.29) is 12.2 Å². The van der Waals surface area contributed by atoms with Gasteiger partial charge in [0.15, 0.2) is 0 Å².